The summed E-state index contributed by atoms with van der Waals surface area (Å²) in [5.41, 5.74) is 6.06. The Labute approximate surface area is 126 Å². The second-order valence-corrected chi connectivity index (χ2v) is 5.28. The maximum atomic E-state index is 5.57. The van der Waals surface area contributed by atoms with Gasteiger partial charge in [-0.25, -0.2) is 9.97 Å². The van der Waals surface area contributed by atoms with Crippen molar-refractivity contribution in [3.05, 3.63) is 34.6 Å². The van der Waals surface area contributed by atoms with E-state index in [1.54, 1.807) is 7.11 Å². The van der Waals surface area contributed by atoms with Crippen molar-refractivity contribution in [1.82, 2.24) is 9.97 Å². The predicted molar refractivity (Wildman–Crippen MR) is 87.1 cm³/mol. The maximum Gasteiger partial charge on any atom is 0.153 e. The molecule has 1 aromatic carbocycles. The number of nitrogens with zero attached hydrogens (tertiary/aromatic N) is 2. The lowest BCUT2D eigenvalue weighted by atomic mass is 10.0. The largest absolute Gasteiger partial charge is 0.496 e. The molecule has 2 aromatic rings. The van der Waals surface area contributed by atoms with E-state index in [0.717, 1.165) is 46.3 Å². The highest BCUT2D eigenvalue weighted by Crippen LogP contribution is 2.36. The van der Waals surface area contributed by atoms with Crippen LogP contribution in [-0.4, -0.2) is 23.6 Å². The molecule has 0 saturated carbocycles. The van der Waals surface area contributed by atoms with Crippen LogP contribution in [0.3, 0.4) is 0 Å². The standard InChI is InChI=1S/C17H23N3O/c1-7-18-17-16(19-12(4)13(5)20-17)15-11(3)8-10(2)9-14(15)21-6/h8-9H,7H2,1-6H3,(H,18,20). The maximum absolute atomic E-state index is 5.57. The van der Waals surface area contributed by atoms with Crippen LogP contribution in [0.5, 0.6) is 5.75 Å². The predicted octanol–water partition coefficient (Wildman–Crippen LogP) is 3.82. The molecule has 0 saturated heterocycles. The van der Waals surface area contributed by atoms with Crippen LogP contribution in [0.15, 0.2) is 12.1 Å². The highest BCUT2D eigenvalue weighted by molar-refractivity contribution is 5.79. The van der Waals surface area contributed by atoms with E-state index in [1.165, 1.54) is 5.56 Å². The molecule has 112 valence electrons. The summed E-state index contributed by atoms with van der Waals surface area (Å²) in [4.78, 5) is 9.40. The fourth-order valence-corrected chi connectivity index (χ4v) is 2.46. The molecular formula is C17H23N3O. The zero-order valence-corrected chi connectivity index (χ0v) is 13.7. The van der Waals surface area contributed by atoms with Gasteiger partial charge in [-0.3, -0.25) is 0 Å². The molecule has 1 heterocycles. The number of anilines is 1. The van der Waals surface area contributed by atoms with Gasteiger partial charge in [-0.15, -0.1) is 0 Å². The summed E-state index contributed by atoms with van der Waals surface area (Å²) in [6.07, 6.45) is 0. The van der Waals surface area contributed by atoms with E-state index in [1.807, 2.05) is 19.9 Å². The molecule has 4 heteroatoms. The Morgan fingerprint density at radius 1 is 1.05 bits per heavy atom. The average Bonchev–Trinajstić information content (AvgIpc) is 2.42. The van der Waals surface area contributed by atoms with Crippen molar-refractivity contribution in [3.8, 4) is 17.0 Å². The van der Waals surface area contributed by atoms with Crippen molar-refractivity contribution < 1.29 is 4.74 Å². The number of nitrogens with one attached hydrogen (secondary N) is 1. The molecule has 0 aliphatic rings. The van der Waals surface area contributed by atoms with Gasteiger partial charge in [0.1, 0.15) is 11.4 Å². The van der Waals surface area contributed by atoms with Crippen LogP contribution >= 0.6 is 0 Å². The molecule has 21 heavy (non-hydrogen) atoms. The highest BCUT2D eigenvalue weighted by Gasteiger charge is 2.17. The Morgan fingerprint density at radius 2 is 1.71 bits per heavy atom. The van der Waals surface area contributed by atoms with Gasteiger partial charge >= 0.3 is 0 Å². The van der Waals surface area contributed by atoms with Gasteiger partial charge in [0.05, 0.1) is 18.5 Å². The normalized spacial score (nSPS) is 10.6. The first kappa shape index (κ1) is 15.3. The van der Waals surface area contributed by atoms with Crippen molar-refractivity contribution in [2.45, 2.75) is 34.6 Å². The van der Waals surface area contributed by atoms with Gasteiger partial charge in [0.25, 0.3) is 0 Å². The van der Waals surface area contributed by atoms with E-state index < -0.39 is 0 Å². The summed E-state index contributed by atoms with van der Waals surface area (Å²) in [5, 5.41) is 3.31. The number of aryl methyl sites for hydroxylation is 4. The van der Waals surface area contributed by atoms with E-state index in [-0.39, 0.29) is 0 Å². The summed E-state index contributed by atoms with van der Waals surface area (Å²) in [6.45, 7) is 11.0. The SMILES string of the molecule is CCNc1nc(C)c(C)nc1-c1c(C)cc(C)cc1OC. The molecule has 1 N–H and O–H groups in total. The number of aromatic nitrogens is 2. The number of benzene rings is 1. The second kappa shape index (κ2) is 6.12. The molecule has 0 aliphatic carbocycles. The molecule has 4 nitrogen and oxygen atoms in total. The highest BCUT2D eigenvalue weighted by atomic mass is 16.5. The van der Waals surface area contributed by atoms with Crippen molar-refractivity contribution >= 4 is 5.82 Å². The Kier molecular flexibility index (Phi) is 4.46. The third-order valence-corrected chi connectivity index (χ3v) is 3.55. The van der Waals surface area contributed by atoms with Gasteiger partial charge < -0.3 is 10.1 Å². The van der Waals surface area contributed by atoms with E-state index in [4.69, 9.17) is 9.72 Å². The van der Waals surface area contributed by atoms with Crippen LogP contribution in [0.25, 0.3) is 11.3 Å². The Bertz CT molecular complexity index is 666. The van der Waals surface area contributed by atoms with Crippen LogP contribution in [0.2, 0.25) is 0 Å². The number of methoxy groups -OCH3 is 1. The minimum Gasteiger partial charge on any atom is -0.496 e. The molecule has 0 radical (unpaired) electrons. The summed E-state index contributed by atoms with van der Waals surface area (Å²) < 4.78 is 5.57. The van der Waals surface area contributed by atoms with Crippen molar-refractivity contribution in [2.75, 3.05) is 19.0 Å². The summed E-state index contributed by atoms with van der Waals surface area (Å²) in [6, 6.07) is 4.18. The lowest BCUT2D eigenvalue weighted by Crippen LogP contribution is -2.07. The molecule has 0 atom stereocenters. The first-order valence-corrected chi connectivity index (χ1v) is 7.22. The topological polar surface area (TPSA) is 47.0 Å². The fraction of sp³-hybridized carbons (Fsp3) is 0.412. The van der Waals surface area contributed by atoms with Crippen LogP contribution in [0.4, 0.5) is 5.82 Å². The van der Waals surface area contributed by atoms with Crippen LogP contribution in [0.1, 0.15) is 29.4 Å². The number of ether oxygens (including phenoxy) is 1. The quantitative estimate of drug-likeness (QED) is 0.927. The molecule has 2 rings (SSSR count). The Hall–Kier alpha value is -2.10. The molecular weight excluding hydrogens is 262 g/mol. The molecule has 0 spiro atoms. The van der Waals surface area contributed by atoms with Gasteiger partial charge in [0, 0.05) is 12.1 Å². The Morgan fingerprint density at radius 3 is 2.33 bits per heavy atom. The number of hydrogen-bond acceptors (Lipinski definition) is 4. The van der Waals surface area contributed by atoms with Crippen LogP contribution in [0, 0.1) is 27.7 Å². The summed E-state index contributed by atoms with van der Waals surface area (Å²) in [5.74, 6) is 1.65. The van der Waals surface area contributed by atoms with Crippen LogP contribution in [-0.2, 0) is 0 Å². The summed E-state index contributed by atoms with van der Waals surface area (Å²) in [7, 11) is 1.69. The fourth-order valence-electron chi connectivity index (χ4n) is 2.46. The molecule has 1 aromatic heterocycles. The van der Waals surface area contributed by atoms with Gasteiger partial charge in [-0.2, -0.15) is 0 Å². The van der Waals surface area contributed by atoms with Crippen LogP contribution < -0.4 is 10.1 Å². The number of hydrogen-bond donors (Lipinski definition) is 1. The van der Waals surface area contributed by atoms with Gasteiger partial charge in [-0.1, -0.05) is 6.07 Å². The second-order valence-electron chi connectivity index (χ2n) is 5.28. The minimum atomic E-state index is 0.803. The lowest BCUT2D eigenvalue weighted by molar-refractivity contribution is 0.415. The first-order chi connectivity index (χ1) is 9.97. The zero-order valence-electron chi connectivity index (χ0n) is 13.7. The third kappa shape index (κ3) is 2.99. The van der Waals surface area contributed by atoms with E-state index in [2.05, 4.69) is 37.1 Å². The average molecular weight is 285 g/mol. The van der Waals surface area contributed by atoms with Crippen molar-refractivity contribution in [3.63, 3.8) is 0 Å². The van der Waals surface area contributed by atoms with Gasteiger partial charge in [0.15, 0.2) is 5.82 Å². The summed E-state index contributed by atoms with van der Waals surface area (Å²) >= 11 is 0. The van der Waals surface area contributed by atoms with E-state index >= 15 is 0 Å². The van der Waals surface area contributed by atoms with Crippen molar-refractivity contribution in [1.29, 1.82) is 0 Å². The molecule has 0 bridgehead atoms. The smallest absolute Gasteiger partial charge is 0.153 e. The molecule has 0 aliphatic heterocycles. The minimum absolute atomic E-state index is 0.803. The van der Waals surface area contributed by atoms with Gasteiger partial charge in [-0.05, 0) is 51.8 Å². The van der Waals surface area contributed by atoms with Crippen molar-refractivity contribution in [2.24, 2.45) is 0 Å². The lowest BCUT2D eigenvalue weighted by Gasteiger charge is -2.17. The van der Waals surface area contributed by atoms with E-state index in [0.29, 0.717) is 0 Å². The molecule has 0 amide bonds. The first-order valence-electron chi connectivity index (χ1n) is 7.22. The van der Waals surface area contributed by atoms with Gasteiger partial charge in [0.2, 0.25) is 0 Å². The number of rotatable bonds is 4. The third-order valence-electron chi connectivity index (χ3n) is 3.55. The zero-order chi connectivity index (χ0) is 15.6. The molecule has 0 fully saturated rings. The Balaban J connectivity index is 2.74. The monoisotopic (exact) mass is 285 g/mol. The van der Waals surface area contributed by atoms with E-state index in [9.17, 15) is 0 Å². The molecule has 0 unspecified atom stereocenters.